The highest BCUT2D eigenvalue weighted by atomic mass is 16.5. The molecule has 1 aromatic carbocycles. The molecular weight excluding hydrogens is 228 g/mol. The first-order chi connectivity index (χ1) is 8.71. The van der Waals surface area contributed by atoms with Gasteiger partial charge >= 0.3 is 0 Å². The van der Waals surface area contributed by atoms with E-state index in [4.69, 9.17) is 9.47 Å². The normalized spacial score (nSPS) is 10.7. The lowest BCUT2D eigenvalue weighted by molar-refractivity contribution is 0.318. The molecule has 0 aromatic heterocycles. The van der Waals surface area contributed by atoms with E-state index >= 15 is 0 Å². The quantitative estimate of drug-likeness (QED) is 0.715. The Morgan fingerprint density at radius 1 is 1.17 bits per heavy atom. The van der Waals surface area contributed by atoms with Crippen molar-refractivity contribution in [2.24, 2.45) is 0 Å². The smallest absolute Gasteiger partial charge is 0.161 e. The van der Waals surface area contributed by atoms with Crippen molar-refractivity contribution in [3.05, 3.63) is 23.8 Å². The van der Waals surface area contributed by atoms with E-state index in [2.05, 4.69) is 23.3 Å². The van der Waals surface area contributed by atoms with Gasteiger partial charge in [0.15, 0.2) is 11.5 Å². The molecule has 0 aliphatic rings. The van der Waals surface area contributed by atoms with Crippen molar-refractivity contribution in [3.63, 3.8) is 0 Å². The minimum atomic E-state index is 0.777. The fourth-order valence-corrected chi connectivity index (χ4v) is 1.90. The zero-order valence-corrected chi connectivity index (χ0v) is 11.8. The second-order valence-corrected chi connectivity index (χ2v) is 4.38. The molecule has 0 amide bonds. The van der Waals surface area contributed by atoms with Crippen molar-refractivity contribution in [2.75, 3.05) is 41.4 Å². The summed E-state index contributed by atoms with van der Waals surface area (Å²) in [6.45, 7) is 3.05. The van der Waals surface area contributed by atoms with E-state index in [0.717, 1.165) is 37.6 Å². The molecule has 0 saturated carbocycles. The predicted molar refractivity (Wildman–Crippen MR) is 74.4 cm³/mol. The highest BCUT2D eigenvalue weighted by Crippen LogP contribution is 2.27. The van der Waals surface area contributed by atoms with Crippen LogP contribution in [0.5, 0.6) is 11.5 Å². The van der Waals surface area contributed by atoms with E-state index < -0.39 is 0 Å². The molecule has 0 saturated heterocycles. The van der Waals surface area contributed by atoms with Crippen LogP contribution in [0.1, 0.15) is 12.0 Å². The predicted octanol–water partition coefficient (Wildman–Crippen LogP) is 1.75. The number of benzene rings is 1. The molecule has 0 spiro atoms. The number of methoxy groups -OCH3 is 2. The Kier molecular flexibility index (Phi) is 6.54. The van der Waals surface area contributed by atoms with Gasteiger partial charge in [-0.05, 0) is 51.3 Å². The van der Waals surface area contributed by atoms with Crippen LogP contribution in [0.3, 0.4) is 0 Å². The Labute approximate surface area is 110 Å². The van der Waals surface area contributed by atoms with Crippen molar-refractivity contribution >= 4 is 0 Å². The van der Waals surface area contributed by atoms with Crippen molar-refractivity contribution in [3.8, 4) is 11.5 Å². The van der Waals surface area contributed by atoms with Crippen LogP contribution in [0, 0.1) is 0 Å². The topological polar surface area (TPSA) is 33.7 Å². The lowest BCUT2D eigenvalue weighted by Crippen LogP contribution is -2.22. The van der Waals surface area contributed by atoms with E-state index in [0.29, 0.717) is 0 Å². The van der Waals surface area contributed by atoms with E-state index in [-0.39, 0.29) is 0 Å². The summed E-state index contributed by atoms with van der Waals surface area (Å²) in [5.41, 5.74) is 1.24. The summed E-state index contributed by atoms with van der Waals surface area (Å²) >= 11 is 0. The van der Waals surface area contributed by atoms with Crippen LogP contribution in [0.2, 0.25) is 0 Å². The molecule has 0 unspecified atom stereocenters. The van der Waals surface area contributed by atoms with Crippen LogP contribution in [0.4, 0.5) is 0 Å². The molecule has 1 N–H and O–H groups in total. The molecule has 0 fully saturated rings. The minimum Gasteiger partial charge on any atom is -0.493 e. The second-order valence-electron chi connectivity index (χ2n) is 4.38. The number of nitrogens with zero attached hydrogens (tertiary/aromatic N) is 1. The van der Waals surface area contributed by atoms with Crippen molar-refractivity contribution in [2.45, 2.75) is 13.0 Å². The first kappa shape index (κ1) is 14.8. The summed E-state index contributed by atoms with van der Waals surface area (Å²) in [7, 11) is 7.43. The third-order valence-corrected chi connectivity index (χ3v) is 2.87. The first-order valence-corrected chi connectivity index (χ1v) is 6.25. The summed E-state index contributed by atoms with van der Waals surface area (Å²) < 4.78 is 10.5. The lowest BCUT2D eigenvalue weighted by Gasteiger charge is -2.17. The second kappa shape index (κ2) is 7.95. The summed E-state index contributed by atoms with van der Waals surface area (Å²) in [6.07, 6.45) is 1.15. The molecule has 0 heterocycles. The average molecular weight is 252 g/mol. The molecule has 102 valence electrons. The number of hydrogen-bond acceptors (Lipinski definition) is 4. The molecule has 0 radical (unpaired) electrons. The van der Waals surface area contributed by atoms with E-state index in [1.165, 1.54) is 5.56 Å². The fourth-order valence-electron chi connectivity index (χ4n) is 1.90. The zero-order chi connectivity index (χ0) is 13.4. The molecule has 1 rings (SSSR count). The number of rotatable bonds is 8. The van der Waals surface area contributed by atoms with Gasteiger partial charge in [-0.15, -0.1) is 0 Å². The Balaban J connectivity index is 2.56. The van der Waals surface area contributed by atoms with Crippen LogP contribution in [-0.2, 0) is 6.54 Å². The maximum atomic E-state index is 5.30. The maximum absolute atomic E-state index is 5.30. The van der Waals surface area contributed by atoms with Crippen LogP contribution in [-0.4, -0.2) is 46.3 Å². The molecule has 0 aliphatic heterocycles. The Hall–Kier alpha value is -1.26. The van der Waals surface area contributed by atoms with Gasteiger partial charge in [0, 0.05) is 6.54 Å². The van der Waals surface area contributed by atoms with Crippen LogP contribution in [0.25, 0.3) is 0 Å². The SMILES string of the molecule is CNCCCN(C)Cc1ccc(OC)c(OC)c1. The van der Waals surface area contributed by atoms with Crippen LogP contribution in [0.15, 0.2) is 18.2 Å². The van der Waals surface area contributed by atoms with Gasteiger partial charge in [-0.1, -0.05) is 6.07 Å². The van der Waals surface area contributed by atoms with E-state index in [9.17, 15) is 0 Å². The summed E-state index contributed by atoms with van der Waals surface area (Å²) in [6, 6.07) is 6.07. The summed E-state index contributed by atoms with van der Waals surface area (Å²) in [4.78, 5) is 2.30. The Morgan fingerprint density at radius 2 is 1.89 bits per heavy atom. The van der Waals surface area contributed by atoms with Crippen LogP contribution < -0.4 is 14.8 Å². The molecule has 4 nitrogen and oxygen atoms in total. The Bertz CT molecular complexity index is 356. The van der Waals surface area contributed by atoms with Gasteiger partial charge < -0.3 is 19.7 Å². The number of nitrogens with one attached hydrogen (secondary N) is 1. The molecule has 4 heteroatoms. The van der Waals surface area contributed by atoms with Crippen molar-refractivity contribution in [1.29, 1.82) is 0 Å². The third kappa shape index (κ3) is 4.55. The Morgan fingerprint density at radius 3 is 2.50 bits per heavy atom. The highest BCUT2D eigenvalue weighted by molar-refractivity contribution is 5.42. The highest BCUT2D eigenvalue weighted by Gasteiger charge is 2.06. The van der Waals surface area contributed by atoms with E-state index in [1.807, 2.05) is 19.2 Å². The van der Waals surface area contributed by atoms with E-state index in [1.54, 1.807) is 14.2 Å². The number of hydrogen-bond donors (Lipinski definition) is 1. The standard InChI is InChI=1S/C14H24N2O2/c1-15-8-5-9-16(2)11-12-6-7-13(17-3)14(10-12)18-4/h6-7,10,15H,5,8-9,11H2,1-4H3. The van der Waals surface area contributed by atoms with Gasteiger partial charge in [-0.2, -0.15) is 0 Å². The van der Waals surface area contributed by atoms with Gasteiger partial charge in [0.1, 0.15) is 0 Å². The van der Waals surface area contributed by atoms with Gasteiger partial charge in [-0.25, -0.2) is 0 Å². The maximum Gasteiger partial charge on any atom is 0.161 e. The lowest BCUT2D eigenvalue weighted by atomic mass is 10.2. The molecule has 0 aliphatic carbocycles. The van der Waals surface area contributed by atoms with Gasteiger partial charge in [0.25, 0.3) is 0 Å². The van der Waals surface area contributed by atoms with Crippen molar-refractivity contribution < 1.29 is 9.47 Å². The fraction of sp³-hybridized carbons (Fsp3) is 0.571. The largest absolute Gasteiger partial charge is 0.493 e. The first-order valence-electron chi connectivity index (χ1n) is 6.25. The number of ether oxygens (including phenoxy) is 2. The summed E-state index contributed by atoms with van der Waals surface area (Å²) in [5.74, 6) is 1.57. The van der Waals surface area contributed by atoms with Crippen LogP contribution >= 0.6 is 0 Å². The van der Waals surface area contributed by atoms with Gasteiger partial charge in [-0.3, -0.25) is 0 Å². The molecule has 1 aromatic rings. The van der Waals surface area contributed by atoms with Gasteiger partial charge in [0.05, 0.1) is 14.2 Å². The summed E-state index contributed by atoms with van der Waals surface area (Å²) in [5, 5.41) is 3.16. The average Bonchev–Trinajstić information content (AvgIpc) is 2.39. The molecule has 18 heavy (non-hydrogen) atoms. The molecule has 0 bridgehead atoms. The van der Waals surface area contributed by atoms with Gasteiger partial charge in [0.2, 0.25) is 0 Å². The minimum absolute atomic E-state index is 0.777. The monoisotopic (exact) mass is 252 g/mol. The molecular formula is C14H24N2O2. The van der Waals surface area contributed by atoms with Crippen molar-refractivity contribution in [1.82, 2.24) is 10.2 Å². The third-order valence-electron chi connectivity index (χ3n) is 2.87. The molecule has 0 atom stereocenters. The zero-order valence-electron chi connectivity index (χ0n) is 11.8.